The minimum Gasteiger partial charge on any atom is -0.375 e. The van der Waals surface area contributed by atoms with E-state index in [4.69, 9.17) is 5.73 Å². The SMILES string of the molecule is Nc1nc2c(Br)cc(F)cc2s1. The van der Waals surface area contributed by atoms with E-state index < -0.39 is 0 Å². The van der Waals surface area contributed by atoms with E-state index in [9.17, 15) is 4.39 Å². The molecule has 0 amide bonds. The minimum atomic E-state index is -0.280. The molecule has 0 spiro atoms. The standard InChI is InChI=1S/C7H4BrFN2S/c8-4-1-3(9)2-5-6(4)11-7(10)12-5/h1-2H,(H2,10,11). The maximum atomic E-state index is 12.8. The molecule has 1 heterocycles. The number of rotatable bonds is 0. The van der Waals surface area contributed by atoms with Crippen molar-refractivity contribution < 1.29 is 4.39 Å². The number of thiazole rings is 1. The van der Waals surface area contributed by atoms with E-state index in [1.807, 2.05) is 0 Å². The van der Waals surface area contributed by atoms with E-state index >= 15 is 0 Å². The van der Waals surface area contributed by atoms with Crippen molar-refractivity contribution in [3.05, 3.63) is 22.4 Å². The quantitative estimate of drug-likeness (QED) is 0.777. The number of nitrogens with zero attached hydrogens (tertiary/aromatic N) is 1. The third-order valence-electron chi connectivity index (χ3n) is 1.43. The number of fused-ring (bicyclic) bond motifs is 1. The molecule has 2 N–H and O–H groups in total. The van der Waals surface area contributed by atoms with Crippen molar-refractivity contribution in [1.29, 1.82) is 0 Å². The fourth-order valence-corrected chi connectivity index (χ4v) is 2.41. The third-order valence-corrected chi connectivity index (χ3v) is 2.87. The Kier molecular flexibility index (Phi) is 1.77. The van der Waals surface area contributed by atoms with Gasteiger partial charge in [0.25, 0.3) is 0 Å². The Labute approximate surface area is 80.3 Å². The fourth-order valence-electron chi connectivity index (χ4n) is 0.974. The summed E-state index contributed by atoms with van der Waals surface area (Å²) in [5, 5.41) is 0.455. The molecule has 2 nitrogen and oxygen atoms in total. The molecule has 5 heteroatoms. The van der Waals surface area contributed by atoms with Gasteiger partial charge in [-0.1, -0.05) is 11.3 Å². The summed E-state index contributed by atoms with van der Waals surface area (Å²) in [6, 6.07) is 2.80. The molecule has 0 radical (unpaired) electrons. The van der Waals surface area contributed by atoms with Crippen LogP contribution in [0.3, 0.4) is 0 Å². The van der Waals surface area contributed by atoms with Crippen LogP contribution < -0.4 is 5.73 Å². The van der Waals surface area contributed by atoms with E-state index in [1.54, 1.807) is 0 Å². The molecular formula is C7H4BrFN2S. The summed E-state index contributed by atoms with van der Waals surface area (Å²) < 4.78 is 14.2. The van der Waals surface area contributed by atoms with Crippen LogP contribution in [-0.4, -0.2) is 4.98 Å². The predicted octanol–water partition coefficient (Wildman–Crippen LogP) is 2.78. The summed E-state index contributed by atoms with van der Waals surface area (Å²) in [6.07, 6.45) is 0. The number of nitrogens with two attached hydrogens (primary N) is 1. The first kappa shape index (κ1) is 7.94. The zero-order chi connectivity index (χ0) is 8.72. The molecule has 0 atom stereocenters. The minimum absolute atomic E-state index is 0.280. The summed E-state index contributed by atoms with van der Waals surface area (Å²) in [6.45, 7) is 0. The van der Waals surface area contributed by atoms with E-state index in [0.29, 0.717) is 9.60 Å². The van der Waals surface area contributed by atoms with Gasteiger partial charge in [0, 0.05) is 4.47 Å². The van der Waals surface area contributed by atoms with Gasteiger partial charge in [-0.3, -0.25) is 0 Å². The Bertz CT molecular complexity index is 440. The lowest BCUT2D eigenvalue weighted by Gasteiger charge is -1.91. The second-order valence-corrected chi connectivity index (χ2v) is 4.20. The first-order chi connectivity index (χ1) is 5.66. The van der Waals surface area contributed by atoms with Crippen molar-refractivity contribution in [3.63, 3.8) is 0 Å². The zero-order valence-electron chi connectivity index (χ0n) is 5.84. The number of halogens is 2. The molecule has 62 valence electrons. The highest BCUT2D eigenvalue weighted by Gasteiger charge is 2.06. The molecule has 0 fully saturated rings. The number of nitrogen functional groups attached to an aromatic ring is 1. The molecule has 0 saturated heterocycles. The Hall–Kier alpha value is -0.680. The lowest BCUT2D eigenvalue weighted by molar-refractivity contribution is 0.629. The molecule has 0 bridgehead atoms. The Balaban J connectivity index is 2.88. The maximum Gasteiger partial charge on any atom is 0.181 e. The average Bonchev–Trinajstić information content (AvgIpc) is 2.29. The first-order valence-electron chi connectivity index (χ1n) is 3.18. The topological polar surface area (TPSA) is 38.9 Å². The van der Waals surface area contributed by atoms with Crippen LogP contribution in [0, 0.1) is 5.82 Å². The molecule has 0 aliphatic heterocycles. The summed E-state index contributed by atoms with van der Waals surface area (Å²) in [5.74, 6) is -0.280. The second-order valence-electron chi connectivity index (χ2n) is 2.29. The first-order valence-corrected chi connectivity index (χ1v) is 4.79. The van der Waals surface area contributed by atoms with Crippen LogP contribution in [-0.2, 0) is 0 Å². The van der Waals surface area contributed by atoms with Crippen LogP contribution >= 0.6 is 27.3 Å². The van der Waals surface area contributed by atoms with Gasteiger partial charge in [0.2, 0.25) is 0 Å². The molecule has 1 aromatic heterocycles. The van der Waals surface area contributed by atoms with Gasteiger partial charge in [-0.2, -0.15) is 0 Å². The number of hydrogen-bond acceptors (Lipinski definition) is 3. The lowest BCUT2D eigenvalue weighted by Crippen LogP contribution is -1.80. The van der Waals surface area contributed by atoms with E-state index in [1.165, 1.54) is 23.5 Å². The van der Waals surface area contributed by atoms with Gasteiger partial charge >= 0.3 is 0 Å². The number of hydrogen-bond donors (Lipinski definition) is 1. The van der Waals surface area contributed by atoms with Crippen molar-refractivity contribution in [3.8, 4) is 0 Å². The van der Waals surface area contributed by atoms with Crippen LogP contribution in [0.25, 0.3) is 10.2 Å². The molecule has 0 aliphatic carbocycles. The molecule has 1 aromatic carbocycles. The summed E-state index contributed by atoms with van der Waals surface area (Å²) in [5.41, 5.74) is 6.19. The number of aromatic nitrogens is 1. The smallest absolute Gasteiger partial charge is 0.181 e. The maximum absolute atomic E-state index is 12.8. The van der Waals surface area contributed by atoms with Crippen molar-refractivity contribution in [2.45, 2.75) is 0 Å². The molecule has 0 unspecified atom stereocenters. The Morgan fingerprint density at radius 3 is 3.00 bits per heavy atom. The molecule has 0 saturated carbocycles. The highest BCUT2D eigenvalue weighted by molar-refractivity contribution is 9.10. The largest absolute Gasteiger partial charge is 0.375 e. The van der Waals surface area contributed by atoms with Gasteiger partial charge in [0.1, 0.15) is 5.82 Å². The average molecular weight is 247 g/mol. The van der Waals surface area contributed by atoms with Crippen LogP contribution in [0.5, 0.6) is 0 Å². The summed E-state index contributed by atoms with van der Waals surface area (Å²) >= 11 is 4.49. The van der Waals surface area contributed by atoms with Crippen molar-refractivity contribution >= 4 is 42.6 Å². The highest BCUT2D eigenvalue weighted by atomic mass is 79.9. The lowest BCUT2D eigenvalue weighted by atomic mass is 10.3. The summed E-state index contributed by atoms with van der Waals surface area (Å²) in [7, 11) is 0. The van der Waals surface area contributed by atoms with Gasteiger partial charge in [-0.15, -0.1) is 0 Å². The van der Waals surface area contributed by atoms with Gasteiger partial charge in [0.05, 0.1) is 10.2 Å². The van der Waals surface area contributed by atoms with Gasteiger partial charge < -0.3 is 5.73 Å². The van der Waals surface area contributed by atoms with Crippen LogP contribution in [0.1, 0.15) is 0 Å². The summed E-state index contributed by atoms with van der Waals surface area (Å²) in [4.78, 5) is 4.04. The number of anilines is 1. The Morgan fingerprint density at radius 2 is 2.25 bits per heavy atom. The molecule has 2 rings (SSSR count). The van der Waals surface area contributed by atoms with E-state index in [2.05, 4.69) is 20.9 Å². The molecular weight excluding hydrogens is 243 g/mol. The number of benzene rings is 1. The second kappa shape index (κ2) is 2.67. The van der Waals surface area contributed by atoms with E-state index in [0.717, 1.165) is 10.2 Å². The zero-order valence-corrected chi connectivity index (χ0v) is 8.25. The fraction of sp³-hybridized carbons (Fsp3) is 0. The Morgan fingerprint density at radius 1 is 1.50 bits per heavy atom. The molecule has 0 aliphatic rings. The monoisotopic (exact) mass is 246 g/mol. The highest BCUT2D eigenvalue weighted by Crippen LogP contribution is 2.30. The van der Waals surface area contributed by atoms with Crippen LogP contribution in [0.4, 0.5) is 9.52 Å². The third kappa shape index (κ3) is 1.19. The molecule has 2 aromatic rings. The van der Waals surface area contributed by atoms with Crippen molar-refractivity contribution in [2.75, 3.05) is 5.73 Å². The predicted molar refractivity (Wildman–Crippen MR) is 51.7 cm³/mol. The van der Waals surface area contributed by atoms with Gasteiger partial charge in [0.15, 0.2) is 5.13 Å². The van der Waals surface area contributed by atoms with E-state index in [-0.39, 0.29) is 5.82 Å². The van der Waals surface area contributed by atoms with Gasteiger partial charge in [-0.05, 0) is 28.1 Å². The van der Waals surface area contributed by atoms with Gasteiger partial charge in [-0.25, -0.2) is 9.37 Å². The van der Waals surface area contributed by atoms with Crippen LogP contribution in [0.15, 0.2) is 16.6 Å². The molecule has 12 heavy (non-hydrogen) atoms. The van der Waals surface area contributed by atoms with Crippen molar-refractivity contribution in [1.82, 2.24) is 4.98 Å². The normalized spacial score (nSPS) is 10.8. The van der Waals surface area contributed by atoms with Crippen molar-refractivity contribution in [2.24, 2.45) is 0 Å². The van der Waals surface area contributed by atoms with Crippen LogP contribution in [0.2, 0.25) is 0 Å².